The Balaban J connectivity index is 1.93. The highest BCUT2D eigenvalue weighted by Gasteiger charge is 2.46. The van der Waals surface area contributed by atoms with E-state index in [1.54, 1.807) is 7.11 Å². The van der Waals surface area contributed by atoms with Crippen LogP contribution in [-0.2, 0) is 22.4 Å². The summed E-state index contributed by atoms with van der Waals surface area (Å²) in [5.74, 6) is 0.0646. The fourth-order valence-corrected chi connectivity index (χ4v) is 3.46. The van der Waals surface area contributed by atoms with Crippen LogP contribution in [0.1, 0.15) is 17.5 Å². The molecule has 1 aliphatic carbocycles. The van der Waals surface area contributed by atoms with E-state index in [4.69, 9.17) is 9.47 Å². The number of carboxylic acids is 1. The van der Waals surface area contributed by atoms with Crippen molar-refractivity contribution >= 4 is 5.97 Å². The second-order valence-electron chi connectivity index (χ2n) is 5.75. The van der Waals surface area contributed by atoms with Gasteiger partial charge in [0.05, 0.1) is 20.3 Å². The van der Waals surface area contributed by atoms with Crippen molar-refractivity contribution in [1.82, 2.24) is 4.90 Å². The van der Waals surface area contributed by atoms with E-state index in [0.29, 0.717) is 39.1 Å². The van der Waals surface area contributed by atoms with Gasteiger partial charge < -0.3 is 14.6 Å². The minimum Gasteiger partial charge on any atom is -0.497 e. The molecule has 3 rings (SSSR count). The lowest BCUT2D eigenvalue weighted by Crippen LogP contribution is -2.60. The Kier molecular flexibility index (Phi) is 3.87. The van der Waals surface area contributed by atoms with Gasteiger partial charge >= 0.3 is 5.97 Å². The minimum atomic E-state index is -0.802. The zero-order chi connectivity index (χ0) is 14.9. The van der Waals surface area contributed by atoms with E-state index in [1.165, 1.54) is 5.56 Å². The van der Waals surface area contributed by atoms with Crippen LogP contribution in [0.3, 0.4) is 0 Å². The molecule has 21 heavy (non-hydrogen) atoms. The summed E-state index contributed by atoms with van der Waals surface area (Å²) >= 11 is 0. The molecule has 2 aliphatic rings. The highest BCUT2D eigenvalue weighted by atomic mass is 16.5. The molecule has 1 aliphatic heterocycles. The lowest BCUT2D eigenvalue weighted by molar-refractivity contribution is -0.156. The maximum Gasteiger partial charge on any atom is 0.324 e. The van der Waals surface area contributed by atoms with E-state index in [9.17, 15) is 9.90 Å². The summed E-state index contributed by atoms with van der Waals surface area (Å²) in [5.41, 5.74) is 1.53. The summed E-state index contributed by atoms with van der Waals surface area (Å²) in [7, 11) is 1.64. The molecule has 1 aromatic carbocycles. The molecular weight excluding hydrogens is 270 g/mol. The molecule has 1 fully saturated rings. The monoisotopic (exact) mass is 291 g/mol. The molecule has 0 bridgehead atoms. The second kappa shape index (κ2) is 5.66. The van der Waals surface area contributed by atoms with Crippen LogP contribution in [0.25, 0.3) is 0 Å². The first-order valence-electron chi connectivity index (χ1n) is 7.38. The number of carboxylic acid groups (broad SMARTS) is 1. The van der Waals surface area contributed by atoms with Crippen LogP contribution in [-0.4, -0.2) is 54.9 Å². The van der Waals surface area contributed by atoms with Gasteiger partial charge in [-0.05, 0) is 36.1 Å². The molecule has 0 radical (unpaired) electrons. The number of fused-ring (bicyclic) bond motifs is 1. The second-order valence-corrected chi connectivity index (χ2v) is 5.75. The molecule has 0 saturated carbocycles. The van der Waals surface area contributed by atoms with Gasteiger partial charge in [-0.15, -0.1) is 0 Å². The SMILES string of the molecule is COc1ccc2c(c1)CC(C(=O)O)(N1CCOCC1)CC2. The van der Waals surface area contributed by atoms with Crippen molar-refractivity contribution in [3.8, 4) is 5.75 Å². The first kappa shape index (κ1) is 14.4. The van der Waals surface area contributed by atoms with E-state index in [1.807, 2.05) is 12.1 Å². The number of nitrogens with zero attached hydrogens (tertiary/aromatic N) is 1. The molecule has 5 heteroatoms. The molecule has 1 N–H and O–H groups in total. The Morgan fingerprint density at radius 1 is 1.33 bits per heavy atom. The standard InChI is InChI=1S/C16H21NO4/c1-20-14-3-2-12-4-5-16(15(18)19,11-13(12)10-14)17-6-8-21-9-7-17/h2-3,10H,4-9,11H2,1H3,(H,18,19). The van der Waals surface area contributed by atoms with Crippen molar-refractivity contribution in [3.63, 3.8) is 0 Å². The van der Waals surface area contributed by atoms with Crippen LogP contribution in [0.5, 0.6) is 5.75 Å². The number of ether oxygens (including phenoxy) is 2. The minimum absolute atomic E-state index is 0.537. The largest absolute Gasteiger partial charge is 0.497 e. The third-order valence-electron chi connectivity index (χ3n) is 4.72. The fraction of sp³-hybridized carbons (Fsp3) is 0.562. The number of benzene rings is 1. The fourth-order valence-electron chi connectivity index (χ4n) is 3.46. The summed E-state index contributed by atoms with van der Waals surface area (Å²) in [6, 6.07) is 5.98. The van der Waals surface area contributed by atoms with Crippen LogP contribution in [0.4, 0.5) is 0 Å². The number of aryl methyl sites for hydroxylation is 1. The molecular formula is C16H21NO4. The Morgan fingerprint density at radius 3 is 2.76 bits per heavy atom. The first-order valence-corrected chi connectivity index (χ1v) is 7.38. The Hall–Kier alpha value is -1.59. The number of methoxy groups -OCH3 is 1. The van der Waals surface area contributed by atoms with Gasteiger partial charge in [-0.3, -0.25) is 9.69 Å². The molecule has 1 atom stereocenters. The smallest absolute Gasteiger partial charge is 0.324 e. The van der Waals surface area contributed by atoms with Gasteiger partial charge in [0.1, 0.15) is 11.3 Å². The van der Waals surface area contributed by atoms with Gasteiger partial charge in [0.15, 0.2) is 0 Å². The lowest BCUT2D eigenvalue weighted by atomic mass is 9.76. The summed E-state index contributed by atoms with van der Waals surface area (Å²) in [6.07, 6.45) is 1.99. The van der Waals surface area contributed by atoms with Crippen LogP contribution in [0.2, 0.25) is 0 Å². The normalized spacial score (nSPS) is 26.1. The Morgan fingerprint density at radius 2 is 2.10 bits per heavy atom. The van der Waals surface area contributed by atoms with E-state index >= 15 is 0 Å². The molecule has 0 amide bonds. The molecule has 5 nitrogen and oxygen atoms in total. The molecule has 1 heterocycles. The summed E-state index contributed by atoms with van der Waals surface area (Å²) in [6.45, 7) is 2.59. The van der Waals surface area contributed by atoms with Crippen LogP contribution < -0.4 is 4.74 Å². The maximum atomic E-state index is 12.0. The van der Waals surface area contributed by atoms with Crippen molar-refractivity contribution < 1.29 is 19.4 Å². The van der Waals surface area contributed by atoms with Crippen molar-refractivity contribution in [2.45, 2.75) is 24.8 Å². The van der Waals surface area contributed by atoms with Crippen molar-refractivity contribution in [2.24, 2.45) is 0 Å². The Labute approximate surface area is 124 Å². The van der Waals surface area contributed by atoms with Crippen LogP contribution >= 0.6 is 0 Å². The van der Waals surface area contributed by atoms with Gasteiger partial charge in [-0.25, -0.2) is 0 Å². The zero-order valence-corrected chi connectivity index (χ0v) is 12.3. The van der Waals surface area contributed by atoms with Crippen molar-refractivity contribution in [2.75, 3.05) is 33.4 Å². The third-order valence-corrected chi connectivity index (χ3v) is 4.72. The molecule has 1 saturated heterocycles. The number of hydrogen-bond acceptors (Lipinski definition) is 4. The van der Waals surface area contributed by atoms with Gasteiger partial charge in [0.25, 0.3) is 0 Å². The van der Waals surface area contributed by atoms with E-state index < -0.39 is 11.5 Å². The van der Waals surface area contributed by atoms with Gasteiger partial charge in [-0.2, -0.15) is 0 Å². The zero-order valence-electron chi connectivity index (χ0n) is 12.3. The van der Waals surface area contributed by atoms with E-state index in [-0.39, 0.29) is 0 Å². The van der Waals surface area contributed by atoms with Crippen LogP contribution in [0, 0.1) is 0 Å². The summed E-state index contributed by atoms with van der Waals surface area (Å²) in [4.78, 5) is 14.1. The average molecular weight is 291 g/mol. The molecule has 0 aromatic heterocycles. The predicted octanol–water partition coefficient (Wildman–Crippen LogP) is 1.34. The lowest BCUT2D eigenvalue weighted by Gasteiger charge is -2.45. The number of aliphatic carboxylic acids is 1. The molecule has 114 valence electrons. The van der Waals surface area contributed by atoms with Crippen LogP contribution in [0.15, 0.2) is 18.2 Å². The number of rotatable bonds is 3. The molecule has 1 unspecified atom stereocenters. The quantitative estimate of drug-likeness (QED) is 0.910. The molecule has 1 aromatic rings. The highest BCUT2D eigenvalue weighted by Crippen LogP contribution is 2.35. The number of hydrogen-bond donors (Lipinski definition) is 1. The topological polar surface area (TPSA) is 59.0 Å². The maximum absolute atomic E-state index is 12.0. The first-order chi connectivity index (χ1) is 10.2. The van der Waals surface area contributed by atoms with Gasteiger partial charge in [0, 0.05) is 19.5 Å². The summed E-state index contributed by atoms with van der Waals surface area (Å²) in [5, 5.41) is 9.88. The van der Waals surface area contributed by atoms with Crippen molar-refractivity contribution in [3.05, 3.63) is 29.3 Å². The third kappa shape index (κ3) is 2.51. The van der Waals surface area contributed by atoms with Gasteiger partial charge in [-0.1, -0.05) is 6.07 Å². The van der Waals surface area contributed by atoms with Gasteiger partial charge in [0.2, 0.25) is 0 Å². The number of morpholine rings is 1. The summed E-state index contributed by atoms with van der Waals surface area (Å²) < 4.78 is 10.6. The average Bonchev–Trinajstić information content (AvgIpc) is 2.54. The number of carbonyl (C=O) groups is 1. The Bertz CT molecular complexity index is 539. The van der Waals surface area contributed by atoms with Crippen molar-refractivity contribution in [1.29, 1.82) is 0 Å². The highest BCUT2D eigenvalue weighted by molar-refractivity contribution is 5.80. The van der Waals surface area contributed by atoms with E-state index in [2.05, 4.69) is 11.0 Å². The predicted molar refractivity (Wildman–Crippen MR) is 77.8 cm³/mol. The molecule has 0 spiro atoms. The van der Waals surface area contributed by atoms with E-state index in [0.717, 1.165) is 17.7 Å².